The summed E-state index contributed by atoms with van der Waals surface area (Å²) in [5.41, 5.74) is 1.54. The van der Waals surface area contributed by atoms with Gasteiger partial charge in [-0.25, -0.2) is 0 Å². The van der Waals surface area contributed by atoms with E-state index in [1.807, 2.05) is 89.1 Å². The number of anilines is 2. The minimum Gasteiger partial charge on any atom is -0.306 e. The molecule has 1 aliphatic heterocycles. The zero-order valence-electron chi connectivity index (χ0n) is 15.1. The Kier molecular flexibility index (Phi) is 5.95. The number of hydrogen-bond acceptors (Lipinski definition) is 2. The molecule has 2 aromatic carbocycles. The Balaban J connectivity index is 2.14. The minimum atomic E-state index is -3.07. The second-order valence-corrected chi connectivity index (χ2v) is 9.16. The van der Waals surface area contributed by atoms with Gasteiger partial charge >= 0.3 is 0 Å². The first-order valence-corrected chi connectivity index (χ1v) is 10.7. The average molecular weight is 368 g/mol. The van der Waals surface area contributed by atoms with Crippen LogP contribution in [0.3, 0.4) is 0 Å². The van der Waals surface area contributed by atoms with Crippen molar-refractivity contribution in [1.82, 2.24) is 0 Å². The number of para-hydroxylation sites is 2. The van der Waals surface area contributed by atoms with Gasteiger partial charge in [0.25, 0.3) is 7.44 Å². The molecule has 1 aliphatic rings. The van der Waals surface area contributed by atoms with Crippen LogP contribution in [0.5, 0.6) is 0 Å². The lowest BCUT2D eigenvalue weighted by molar-refractivity contribution is -0.107. The van der Waals surface area contributed by atoms with E-state index in [9.17, 15) is 9.36 Å². The number of nitrogens with zero attached hydrogens (tertiary/aromatic N) is 2. The second-order valence-electron chi connectivity index (χ2n) is 6.36. The molecule has 26 heavy (non-hydrogen) atoms. The number of carbonyl (C=O) groups excluding carboxylic acids is 1. The van der Waals surface area contributed by atoms with Gasteiger partial charge in [-0.3, -0.25) is 4.57 Å². The fraction of sp³-hybridized carbons (Fsp3) is 0.286. The van der Waals surface area contributed by atoms with Gasteiger partial charge in [-0.15, -0.1) is 0 Å². The topological polar surface area (TPSA) is 40.6 Å². The fourth-order valence-electron chi connectivity index (χ4n) is 3.58. The molecule has 0 saturated carbocycles. The zero-order chi connectivity index (χ0) is 18.4. The molecule has 1 saturated heterocycles. The maximum atomic E-state index is 14.6. The summed E-state index contributed by atoms with van der Waals surface area (Å²) in [6.07, 6.45) is 5.86. The molecule has 0 radical (unpaired) electrons. The normalized spacial score (nSPS) is 18.0. The molecule has 1 unspecified atom stereocenters. The van der Waals surface area contributed by atoms with E-state index < -0.39 is 7.44 Å². The molecule has 4 nitrogen and oxygen atoms in total. The molecule has 0 amide bonds. The largest absolute Gasteiger partial charge is 0.306 e. The third-order valence-corrected chi connectivity index (χ3v) is 8.22. The van der Waals surface area contributed by atoms with E-state index in [0.717, 1.165) is 37.2 Å². The summed E-state index contributed by atoms with van der Waals surface area (Å²) in [4.78, 5) is 11.4. The third kappa shape index (κ3) is 3.47. The Morgan fingerprint density at radius 2 is 1.46 bits per heavy atom. The molecule has 0 aromatic heterocycles. The highest BCUT2D eigenvalue weighted by molar-refractivity contribution is 7.68. The average Bonchev–Trinajstić information content (AvgIpc) is 2.69. The standard InChI is InChI=1S/C21H25N2O2P/c1-2-10-21(15-18-24)26(25)22(19-11-5-3-6-12-19)16-9-17-23(26)20-13-7-4-8-14-20/h2-8,10-14,18,21H,9,15-17H2,1H3/b10-2+. The first kappa shape index (κ1) is 18.5. The summed E-state index contributed by atoms with van der Waals surface area (Å²) >= 11 is 0. The van der Waals surface area contributed by atoms with Gasteiger partial charge in [0.15, 0.2) is 0 Å². The number of allylic oxidation sites excluding steroid dienone is 2. The van der Waals surface area contributed by atoms with Crippen LogP contribution in [0.1, 0.15) is 19.8 Å². The molecular formula is C21H25N2O2P. The number of hydrogen-bond donors (Lipinski definition) is 0. The van der Waals surface area contributed by atoms with E-state index in [4.69, 9.17) is 0 Å². The van der Waals surface area contributed by atoms with Crippen LogP contribution in [-0.2, 0) is 9.36 Å². The molecule has 0 spiro atoms. The van der Waals surface area contributed by atoms with Gasteiger partial charge in [-0.05, 0) is 37.6 Å². The minimum absolute atomic E-state index is 0.244. The lowest BCUT2D eigenvalue weighted by atomic mass is 10.3. The molecule has 1 heterocycles. The van der Waals surface area contributed by atoms with Crippen LogP contribution in [0.2, 0.25) is 0 Å². The quantitative estimate of drug-likeness (QED) is 0.403. The van der Waals surface area contributed by atoms with Crippen molar-refractivity contribution in [2.75, 3.05) is 22.4 Å². The van der Waals surface area contributed by atoms with Crippen molar-refractivity contribution in [3.8, 4) is 0 Å². The van der Waals surface area contributed by atoms with Gasteiger partial charge in [-0.1, -0.05) is 48.6 Å². The highest BCUT2D eigenvalue weighted by Crippen LogP contribution is 2.63. The van der Waals surface area contributed by atoms with E-state index >= 15 is 0 Å². The van der Waals surface area contributed by atoms with Crippen molar-refractivity contribution in [3.63, 3.8) is 0 Å². The molecular weight excluding hydrogens is 343 g/mol. The van der Waals surface area contributed by atoms with Crippen molar-refractivity contribution in [3.05, 3.63) is 72.8 Å². The Morgan fingerprint density at radius 3 is 1.88 bits per heavy atom. The number of carbonyl (C=O) groups is 1. The van der Waals surface area contributed by atoms with Gasteiger partial charge in [0.2, 0.25) is 0 Å². The predicted octanol–water partition coefficient (Wildman–Crippen LogP) is 5.13. The molecule has 5 heteroatoms. The Bertz CT molecular complexity index is 741. The smallest absolute Gasteiger partial charge is 0.270 e. The first-order valence-electron chi connectivity index (χ1n) is 9.04. The van der Waals surface area contributed by atoms with Crippen LogP contribution >= 0.6 is 7.44 Å². The summed E-state index contributed by atoms with van der Waals surface area (Å²) < 4.78 is 18.7. The Hall–Kier alpha value is -2.32. The zero-order valence-corrected chi connectivity index (χ0v) is 16.0. The molecule has 3 rings (SSSR count). The maximum Gasteiger partial charge on any atom is 0.270 e. The van der Waals surface area contributed by atoms with Crippen LogP contribution in [0.4, 0.5) is 11.4 Å². The van der Waals surface area contributed by atoms with Crippen molar-refractivity contribution < 1.29 is 9.36 Å². The van der Waals surface area contributed by atoms with Gasteiger partial charge in [0.05, 0.1) is 5.66 Å². The van der Waals surface area contributed by atoms with Crippen LogP contribution < -0.4 is 9.34 Å². The van der Waals surface area contributed by atoms with Crippen LogP contribution in [0.15, 0.2) is 72.8 Å². The van der Waals surface area contributed by atoms with Crippen LogP contribution in [0.25, 0.3) is 0 Å². The molecule has 2 aromatic rings. The van der Waals surface area contributed by atoms with Crippen molar-refractivity contribution in [1.29, 1.82) is 0 Å². The third-order valence-electron chi connectivity index (χ3n) is 4.72. The van der Waals surface area contributed by atoms with Crippen LogP contribution in [0, 0.1) is 0 Å². The number of rotatable bonds is 6. The lowest BCUT2D eigenvalue weighted by Crippen LogP contribution is -2.43. The maximum absolute atomic E-state index is 14.6. The van der Waals surface area contributed by atoms with Crippen LogP contribution in [-0.4, -0.2) is 25.0 Å². The van der Waals surface area contributed by atoms with Gasteiger partial charge in [-0.2, -0.15) is 0 Å². The SMILES string of the molecule is C/C=C/C(CC=O)P1(=O)N(c2ccccc2)CCCN1c1ccccc1. The molecule has 1 atom stereocenters. The molecule has 0 aliphatic carbocycles. The highest BCUT2D eigenvalue weighted by atomic mass is 31.2. The summed E-state index contributed by atoms with van der Waals surface area (Å²) in [7, 11) is -3.07. The molecule has 1 fully saturated rings. The summed E-state index contributed by atoms with van der Waals surface area (Å²) in [6, 6.07) is 19.8. The summed E-state index contributed by atoms with van der Waals surface area (Å²) in [5.74, 6) is 0. The highest BCUT2D eigenvalue weighted by Gasteiger charge is 2.45. The predicted molar refractivity (Wildman–Crippen MR) is 109 cm³/mol. The number of benzene rings is 2. The van der Waals surface area contributed by atoms with E-state index in [1.165, 1.54) is 0 Å². The van der Waals surface area contributed by atoms with E-state index in [-0.39, 0.29) is 12.1 Å². The van der Waals surface area contributed by atoms with E-state index in [1.54, 1.807) is 0 Å². The molecule has 0 bridgehead atoms. The van der Waals surface area contributed by atoms with Crippen molar-refractivity contribution in [2.24, 2.45) is 0 Å². The first-order chi connectivity index (χ1) is 12.7. The van der Waals surface area contributed by atoms with Gasteiger partial charge in [0, 0.05) is 30.9 Å². The van der Waals surface area contributed by atoms with Gasteiger partial charge in [0.1, 0.15) is 6.29 Å². The van der Waals surface area contributed by atoms with Crippen molar-refractivity contribution >= 4 is 25.1 Å². The Morgan fingerprint density at radius 1 is 0.962 bits per heavy atom. The fourth-order valence-corrected chi connectivity index (χ4v) is 7.10. The summed E-state index contributed by atoms with van der Waals surface area (Å²) in [5, 5.41) is 0. The summed E-state index contributed by atoms with van der Waals surface area (Å²) in [6.45, 7) is 3.35. The van der Waals surface area contributed by atoms with E-state index in [0.29, 0.717) is 0 Å². The monoisotopic (exact) mass is 368 g/mol. The van der Waals surface area contributed by atoms with Gasteiger partial charge < -0.3 is 14.1 Å². The van der Waals surface area contributed by atoms with E-state index in [2.05, 4.69) is 0 Å². The molecule has 136 valence electrons. The lowest BCUT2D eigenvalue weighted by Gasteiger charge is -2.48. The van der Waals surface area contributed by atoms with Crippen molar-refractivity contribution in [2.45, 2.75) is 25.4 Å². The molecule has 0 N–H and O–H groups in total. The second kappa shape index (κ2) is 8.37. The Labute approximate surface area is 155 Å². The number of aldehydes is 1.